The van der Waals surface area contributed by atoms with E-state index >= 15 is 0 Å². The molecular weight excluding hydrogens is 877 g/mol. The van der Waals surface area contributed by atoms with Crippen LogP contribution in [0.25, 0.3) is 0 Å². The Morgan fingerprint density at radius 1 is 0.296 bits per heavy atom. The number of ether oxygens (including phenoxy) is 3. The summed E-state index contributed by atoms with van der Waals surface area (Å²) in [5, 5.41) is 0. The summed E-state index contributed by atoms with van der Waals surface area (Å²) in [6.45, 7) is 6.46. The maximum Gasteiger partial charge on any atom is 0.306 e. The average Bonchev–Trinajstić information content (AvgIpc) is 3.37. The van der Waals surface area contributed by atoms with Crippen molar-refractivity contribution in [2.45, 2.75) is 271 Å². The molecule has 0 aliphatic carbocycles. The molecule has 0 rings (SSSR count). The third kappa shape index (κ3) is 56.9. The van der Waals surface area contributed by atoms with Gasteiger partial charge < -0.3 is 14.2 Å². The number of hydrogen-bond acceptors (Lipinski definition) is 6. The van der Waals surface area contributed by atoms with Crippen molar-refractivity contribution in [3.05, 3.63) is 109 Å². The summed E-state index contributed by atoms with van der Waals surface area (Å²) < 4.78 is 16.8. The molecular formula is C65H108O6. The molecule has 0 saturated carbocycles. The van der Waals surface area contributed by atoms with Gasteiger partial charge in [-0.25, -0.2) is 0 Å². The standard InChI is InChI=1S/C65H108O6/c1-4-7-10-13-16-19-22-25-27-29-31-32-33-34-35-37-38-40-43-46-49-52-55-58-64(67)70-61-62(60-69-63(66)57-54-51-48-45-42-24-21-18-15-12-9-6-3)71-65(68)59-56-53-50-47-44-41-39-36-30-28-26-23-20-17-14-11-8-5-2/h7,10,16,19-20,23,25,27-28,30-32,34-35,38,40,46,49,62H,4-6,8-9,11-15,17-18,21-22,24,26,29,33,36-37,39,41-45,47-48,50-61H2,1-3H3/b10-7-,19-16-,23-20-,27-25-,30-28-,32-31-,35-34-,40-38-,49-46-. The van der Waals surface area contributed by atoms with Gasteiger partial charge in [0.15, 0.2) is 6.10 Å². The van der Waals surface area contributed by atoms with Gasteiger partial charge in [-0.2, -0.15) is 0 Å². The highest BCUT2D eigenvalue weighted by Crippen LogP contribution is 2.15. The molecule has 6 heteroatoms. The van der Waals surface area contributed by atoms with E-state index < -0.39 is 6.10 Å². The fourth-order valence-corrected chi connectivity index (χ4v) is 7.87. The lowest BCUT2D eigenvalue weighted by Gasteiger charge is -2.18. The zero-order chi connectivity index (χ0) is 51.4. The van der Waals surface area contributed by atoms with Crippen molar-refractivity contribution in [1.29, 1.82) is 0 Å². The van der Waals surface area contributed by atoms with Crippen molar-refractivity contribution in [3.63, 3.8) is 0 Å². The first-order valence-electron chi connectivity index (χ1n) is 29.4. The molecule has 0 aliphatic heterocycles. The lowest BCUT2D eigenvalue weighted by Crippen LogP contribution is -2.30. The molecule has 0 spiro atoms. The van der Waals surface area contributed by atoms with E-state index in [0.29, 0.717) is 19.3 Å². The monoisotopic (exact) mass is 985 g/mol. The van der Waals surface area contributed by atoms with Gasteiger partial charge in [0.25, 0.3) is 0 Å². The SMILES string of the molecule is CC/C=C\C/C=C\C/C=C\C/C=C\C/C=C\C/C=C\C/C=C\CCCC(=O)OCC(COC(=O)CCCCCCCCCCCCCC)OC(=O)CCCCCCCCC/C=C\C/C=C\CCCCCC. The van der Waals surface area contributed by atoms with Crippen molar-refractivity contribution in [1.82, 2.24) is 0 Å². The van der Waals surface area contributed by atoms with E-state index in [1.54, 1.807) is 0 Å². The molecule has 0 amide bonds. The molecule has 1 unspecified atom stereocenters. The number of carbonyl (C=O) groups excluding carboxylic acids is 3. The van der Waals surface area contributed by atoms with Crippen LogP contribution in [-0.2, 0) is 28.6 Å². The molecule has 71 heavy (non-hydrogen) atoms. The molecule has 0 fully saturated rings. The van der Waals surface area contributed by atoms with Crippen molar-refractivity contribution >= 4 is 17.9 Å². The minimum Gasteiger partial charge on any atom is -0.462 e. The van der Waals surface area contributed by atoms with E-state index in [1.165, 1.54) is 116 Å². The maximum absolute atomic E-state index is 12.9. The van der Waals surface area contributed by atoms with Gasteiger partial charge in [0, 0.05) is 19.3 Å². The van der Waals surface area contributed by atoms with E-state index in [0.717, 1.165) is 103 Å². The summed E-state index contributed by atoms with van der Waals surface area (Å²) in [5.41, 5.74) is 0. The molecule has 0 radical (unpaired) electrons. The van der Waals surface area contributed by atoms with Crippen LogP contribution in [0.3, 0.4) is 0 Å². The quantitative estimate of drug-likeness (QED) is 0.0261. The van der Waals surface area contributed by atoms with E-state index in [9.17, 15) is 14.4 Å². The predicted octanol–water partition coefficient (Wildman–Crippen LogP) is 19.9. The third-order valence-electron chi connectivity index (χ3n) is 12.3. The van der Waals surface area contributed by atoms with E-state index in [-0.39, 0.29) is 37.5 Å². The Balaban J connectivity index is 4.47. The normalized spacial score (nSPS) is 12.9. The molecule has 0 aromatic rings. The lowest BCUT2D eigenvalue weighted by molar-refractivity contribution is -0.167. The second-order valence-corrected chi connectivity index (χ2v) is 19.2. The van der Waals surface area contributed by atoms with Gasteiger partial charge in [0.05, 0.1) is 0 Å². The van der Waals surface area contributed by atoms with Crippen LogP contribution in [0.15, 0.2) is 109 Å². The van der Waals surface area contributed by atoms with Gasteiger partial charge in [0.2, 0.25) is 0 Å². The average molecular weight is 986 g/mol. The van der Waals surface area contributed by atoms with Crippen molar-refractivity contribution < 1.29 is 28.6 Å². The molecule has 0 aromatic heterocycles. The zero-order valence-corrected chi connectivity index (χ0v) is 46.2. The first kappa shape index (κ1) is 67.1. The number of allylic oxidation sites excluding steroid dienone is 18. The fraction of sp³-hybridized carbons (Fsp3) is 0.677. The number of carbonyl (C=O) groups is 3. The van der Waals surface area contributed by atoms with E-state index in [4.69, 9.17) is 14.2 Å². The molecule has 0 heterocycles. The Morgan fingerprint density at radius 2 is 0.563 bits per heavy atom. The zero-order valence-electron chi connectivity index (χ0n) is 46.2. The highest BCUT2D eigenvalue weighted by molar-refractivity contribution is 5.71. The molecule has 6 nitrogen and oxygen atoms in total. The summed E-state index contributed by atoms with van der Waals surface area (Å²) >= 11 is 0. The summed E-state index contributed by atoms with van der Waals surface area (Å²) in [7, 11) is 0. The predicted molar refractivity (Wildman–Crippen MR) is 307 cm³/mol. The van der Waals surface area contributed by atoms with Gasteiger partial charge in [-0.1, -0.05) is 252 Å². The first-order valence-corrected chi connectivity index (χ1v) is 29.4. The lowest BCUT2D eigenvalue weighted by atomic mass is 10.0. The van der Waals surface area contributed by atoms with Gasteiger partial charge in [0.1, 0.15) is 13.2 Å². The van der Waals surface area contributed by atoms with Crippen molar-refractivity contribution in [2.75, 3.05) is 13.2 Å². The van der Waals surface area contributed by atoms with Crippen LogP contribution >= 0.6 is 0 Å². The second-order valence-electron chi connectivity index (χ2n) is 19.2. The Bertz CT molecular complexity index is 1460. The van der Waals surface area contributed by atoms with Gasteiger partial charge >= 0.3 is 17.9 Å². The Kier molecular flexibility index (Phi) is 55.4. The topological polar surface area (TPSA) is 78.9 Å². The van der Waals surface area contributed by atoms with Crippen LogP contribution in [0.2, 0.25) is 0 Å². The fourth-order valence-electron chi connectivity index (χ4n) is 7.87. The van der Waals surface area contributed by atoms with Crippen LogP contribution in [0, 0.1) is 0 Å². The Hall–Kier alpha value is -3.93. The maximum atomic E-state index is 12.9. The molecule has 1 atom stereocenters. The molecule has 0 N–H and O–H groups in total. The first-order chi connectivity index (χ1) is 35.0. The third-order valence-corrected chi connectivity index (χ3v) is 12.3. The minimum atomic E-state index is -0.806. The summed E-state index contributed by atoms with van der Waals surface area (Å²) in [6, 6.07) is 0. The highest BCUT2D eigenvalue weighted by atomic mass is 16.6. The van der Waals surface area contributed by atoms with Crippen LogP contribution in [0.1, 0.15) is 265 Å². The molecule has 404 valence electrons. The Labute approximate surface area is 438 Å². The van der Waals surface area contributed by atoms with Crippen LogP contribution < -0.4 is 0 Å². The summed E-state index contributed by atoms with van der Waals surface area (Å²) in [5.74, 6) is -0.967. The molecule has 0 saturated heterocycles. The second kappa shape index (κ2) is 58.6. The van der Waals surface area contributed by atoms with Gasteiger partial charge in [-0.05, 0) is 103 Å². The molecule has 0 bridgehead atoms. The molecule has 0 aliphatic rings. The van der Waals surface area contributed by atoms with Gasteiger partial charge in [-0.15, -0.1) is 0 Å². The van der Waals surface area contributed by atoms with Crippen LogP contribution in [-0.4, -0.2) is 37.2 Å². The number of unbranched alkanes of at least 4 members (excludes halogenated alkanes) is 23. The summed E-state index contributed by atoms with van der Waals surface area (Å²) in [6.07, 6.45) is 79.4. The minimum absolute atomic E-state index is 0.0988. The van der Waals surface area contributed by atoms with Crippen molar-refractivity contribution in [2.24, 2.45) is 0 Å². The van der Waals surface area contributed by atoms with Gasteiger partial charge in [-0.3, -0.25) is 14.4 Å². The van der Waals surface area contributed by atoms with Crippen LogP contribution in [0.4, 0.5) is 0 Å². The number of esters is 3. The van der Waals surface area contributed by atoms with E-state index in [1.807, 2.05) is 0 Å². The highest BCUT2D eigenvalue weighted by Gasteiger charge is 2.19. The Morgan fingerprint density at radius 3 is 0.930 bits per heavy atom. The summed E-state index contributed by atoms with van der Waals surface area (Å²) in [4.78, 5) is 38.1. The van der Waals surface area contributed by atoms with Crippen molar-refractivity contribution in [3.8, 4) is 0 Å². The van der Waals surface area contributed by atoms with Crippen LogP contribution in [0.5, 0.6) is 0 Å². The largest absolute Gasteiger partial charge is 0.462 e. The molecule has 0 aromatic carbocycles. The number of rotatable bonds is 52. The smallest absolute Gasteiger partial charge is 0.306 e. The van der Waals surface area contributed by atoms with E-state index in [2.05, 4.69) is 130 Å². The number of hydrogen-bond donors (Lipinski definition) is 0.